The summed E-state index contributed by atoms with van der Waals surface area (Å²) in [5.74, 6) is -0.347. The second kappa shape index (κ2) is 7.14. The molecule has 0 amide bonds. The van der Waals surface area contributed by atoms with Gasteiger partial charge in [-0.2, -0.15) is 0 Å². The standard InChI is InChI=1S/C5H8O2.CH3F/c1-4(2)5(6)7-3;1-2/h1H2,2-3H3;1H3. The molecule has 54 valence electrons. The fraction of sp³-hybridized carbons (Fsp3) is 0.500. The van der Waals surface area contributed by atoms with Crippen LogP contribution >= 0.6 is 0 Å². The Morgan fingerprint density at radius 3 is 1.89 bits per heavy atom. The van der Waals surface area contributed by atoms with Gasteiger partial charge in [0.25, 0.3) is 0 Å². The Bertz CT molecular complexity index is 99.2. The molecule has 0 aromatic carbocycles. The van der Waals surface area contributed by atoms with E-state index in [1.54, 1.807) is 6.92 Å². The second-order valence-corrected chi connectivity index (χ2v) is 1.27. The highest BCUT2D eigenvalue weighted by Gasteiger charge is 1.95. The van der Waals surface area contributed by atoms with E-state index in [2.05, 4.69) is 11.3 Å². The Hall–Kier alpha value is -0.860. The zero-order valence-corrected chi connectivity index (χ0v) is 5.90. The van der Waals surface area contributed by atoms with Crippen molar-refractivity contribution in [1.82, 2.24) is 0 Å². The Kier molecular flexibility index (Phi) is 8.73. The summed E-state index contributed by atoms with van der Waals surface area (Å²) < 4.78 is 13.8. The van der Waals surface area contributed by atoms with Crippen LogP contribution in [0.1, 0.15) is 6.92 Å². The van der Waals surface area contributed by atoms with Gasteiger partial charge in [0.2, 0.25) is 0 Å². The van der Waals surface area contributed by atoms with Crippen LogP contribution in [-0.2, 0) is 9.53 Å². The first kappa shape index (κ1) is 11.0. The predicted octanol–water partition coefficient (Wildman–Crippen LogP) is 1.32. The maximum absolute atomic E-state index is 10.2. The third-order valence-corrected chi connectivity index (χ3v) is 0.534. The first-order chi connectivity index (χ1) is 4.18. The Morgan fingerprint density at radius 1 is 1.56 bits per heavy atom. The van der Waals surface area contributed by atoms with Crippen LogP contribution in [0.3, 0.4) is 0 Å². The van der Waals surface area contributed by atoms with Crippen molar-refractivity contribution in [2.45, 2.75) is 6.92 Å². The fourth-order valence-electron chi connectivity index (χ4n) is 0.174. The largest absolute Gasteiger partial charge is 0.466 e. The Balaban J connectivity index is 0. The van der Waals surface area contributed by atoms with Gasteiger partial charge in [-0.3, -0.25) is 4.39 Å². The van der Waals surface area contributed by atoms with Gasteiger partial charge in [0.15, 0.2) is 0 Å². The molecule has 0 fully saturated rings. The maximum Gasteiger partial charge on any atom is 0.332 e. The average Bonchev–Trinajstić information content (AvgIpc) is 1.91. The summed E-state index contributed by atoms with van der Waals surface area (Å²) >= 11 is 0. The number of rotatable bonds is 1. The lowest BCUT2D eigenvalue weighted by Crippen LogP contribution is -1.98. The summed E-state index contributed by atoms with van der Waals surface area (Å²) in [4.78, 5) is 10.2. The fourth-order valence-corrected chi connectivity index (χ4v) is 0.174. The molecule has 0 aliphatic carbocycles. The lowest BCUT2D eigenvalue weighted by atomic mass is 10.4. The van der Waals surface area contributed by atoms with Gasteiger partial charge in [-0.05, 0) is 6.92 Å². The number of ether oxygens (including phenoxy) is 1. The van der Waals surface area contributed by atoms with Gasteiger partial charge in [-0.25, -0.2) is 4.79 Å². The quantitative estimate of drug-likeness (QED) is 0.399. The van der Waals surface area contributed by atoms with Crippen molar-refractivity contribution in [3.05, 3.63) is 12.2 Å². The first-order valence-corrected chi connectivity index (χ1v) is 2.30. The van der Waals surface area contributed by atoms with Crippen LogP contribution in [0.2, 0.25) is 0 Å². The molecule has 0 radical (unpaired) electrons. The molecule has 0 atom stereocenters. The molecule has 0 unspecified atom stereocenters. The molecule has 2 nitrogen and oxygen atoms in total. The van der Waals surface area contributed by atoms with Crippen molar-refractivity contribution in [2.75, 3.05) is 14.3 Å². The van der Waals surface area contributed by atoms with Gasteiger partial charge in [-0.1, -0.05) is 6.58 Å². The zero-order valence-electron chi connectivity index (χ0n) is 5.90. The van der Waals surface area contributed by atoms with Crippen LogP contribution in [0.25, 0.3) is 0 Å². The number of alkyl halides is 1. The lowest BCUT2D eigenvalue weighted by Gasteiger charge is -1.91. The van der Waals surface area contributed by atoms with Crippen molar-refractivity contribution >= 4 is 5.97 Å². The highest BCUT2D eigenvalue weighted by molar-refractivity contribution is 5.86. The van der Waals surface area contributed by atoms with E-state index in [1.807, 2.05) is 0 Å². The maximum atomic E-state index is 10.2. The molecule has 0 heterocycles. The minimum absolute atomic E-state index is 0.347. The van der Waals surface area contributed by atoms with E-state index >= 15 is 0 Å². The number of halogens is 1. The molecule has 0 bridgehead atoms. The molecule has 0 aromatic heterocycles. The number of hydrogen-bond donors (Lipinski definition) is 0. The van der Waals surface area contributed by atoms with Crippen LogP contribution in [-0.4, -0.2) is 20.3 Å². The minimum atomic E-state index is -0.347. The number of carbonyl (C=O) groups is 1. The monoisotopic (exact) mass is 134 g/mol. The highest BCUT2D eigenvalue weighted by Crippen LogP contribution is 1.87. The molecular formula is C6H11FO2. The minimum Gasteiger partial charge on any atom is -0.466 e. The van der Waals surface area contributed by atoms with Crippen molar-refractivity contribution in [3.8, 4) is 0 Å². The van der Waals surface area contributed by atoms with E-state index in [4.69, 9.17) is 0 Å². The summed E-state index contributed by atoms with van der Waals surface area (Å²) in [6.07, 6.45) is 0. The average molecular weight is 134 g/mol. The smallest absolute Gasteiger partial charge is 0.332 e. The van der Waals surface area contributed by atoms with Crippen molar-refractivity contribution in [2.24, 2.45) is 0 Å². The SMILES string of the molecule is C=C(C)C(=O)OC.CF. The number of esters is 1. The van der Waals surface area contributed by atoms with Crippen LogP contribution in [0, 0.1) is 0 Å². The van der Waals surface area contributed by atoms with Crippen LogP contribution in [0.4, 0.5) is 4.39 Å². The first-order valence-electron chi connectivity index (χ1n) is 2.30. The normalized spacial score (nSPS) is 6.67. The van der Waals surface area contributed by atoms with E-state index in [0.29, 0.717) is 12.8 Å². The van der Waals surface area contributed by atoms with E-state index < -0.39 is 0 Å². The van der Waals surface area contributed by atoms with Crippen LogP contribution in [0.5, 0.6) is 0 Å². The van der Waals surface area contributed by atoms with Crippen LogP contribution < -0.4 is 0 Å². The van der Waals surface area contributed by atoms with Crippen molar-refractivity contribution in [1.29, 1.82) is 0 Å². The van der Waals surface area contributed by atoms with E-state index in [0.717, 1.165) is 0 Å². The summed E-state index contributed by atoms with van der Waals surface area (Å²) in [5.41, 5.74) is 0.433. The van der Waals surface area contributed by atoms with Gasteiger partial charge in [0.05, 0.1) is 14.3 Å². The number of carbonyl (C=O) groups excluding carboxylic acids is 1. The van der Waals surface area contributed by atoms with Gasteiger partial charge < -0.3 is 4.74 Å². The molecule has 0 saturated heterocycles. The second-order valence-electron chi connectivity index (χ2n) is 1.27. The van der Waals surface area contributed by atoms with Gasteiger partial charge in [0, 0.05) is 5.57 Å². The molecule has 3 heteroatoms. The van der Waals surface area contributed by atoms with Gasteiger partial charge >= 0.3 is 5.97 Å². The number of methoxy groups -OCH3 is 1. The van der Waals surface area contributed by atoms with Crippen molar-refractivity contribution < 1.29 is 13.9 Å². The number of hydrogen-bond acceptors (Lipinski definition) is 2. The summed E-state index contributed by atoms with van der Waals surface area (Å²) in [7, 11) is 1.83. The predicted molar refractivity (Wildman–Crippen MR) is 33.9 cm³/mol. The molecule has 0 aliphatic rings. The van der Waals surface area contributed by atoms with Crippen molar-refractivity contribution in [3.63, 3.8) is 0 Å². The third-order valence-electron chi connectivity index (χ3n) is 0.534. The third kappa shape index (κ3) is 7.14. The van der Waals surface area contributed by atoms with E-state index in [9.17, 15) is 9.18 Å². The molecule has 0 spiro atoms. The van der Waals surface area contributed by atoms with Gasteiger partial charge in [-0.15, -0.1) is 0 Å². The molecule has 9 heavy (non-hydrogen) atoms. The molecule has 0 aliphatic heterocycles. The molecule has 0 saturated carbocycles. The van der Waals surface area contributed by atoms with Gasteiger partial charge in [0.1, 0.15) is 0 Å². The van der Waals surface area contributed by atoms with E-state index in [-0.39, 0.29) is 5.97 Å². The highest BCUT2D eigenvalue weighted by atomic mass is 19.1. The summed E-state index contributed by atoms with van der Waals surface area (Å²) in [5, 5.41) is 0. The Morgan fingerprint density at radius 2 is 1.89 bits per heavy atom. The molecular weight excluding hydrogens is 123 g/mol. The topological polar surface area (TPSA) is 26.3 Å². The lowest BCUT2D eigenvalue weighted by molar-refractivity contribution is -0.136. The molecule has 0 rings (SSSR count). The van der Waals surface area contributed by atoms with E-state index in [1.165, 1.54) is 7.11 Å². The molecule has 0 N–H and O–H groups in total. The van der Waals surface area contributed by atoms with Crippen LogP contribution in [0.15, 0.2) is 12.2 Å². The zero-order chi connectivity index (χ0) is 7.86. The summed E-state index contributed by atoms with van der Waals surface area (Å²) in [6.45, 7) is 4.95. The summed E-state index contributed by atoms with van der Waals surface area (Å²) in [6, 6.07) is 0. The molecule has 0 aromatic rings. The Labute approximate surface area is 54.3 Å².